The average Bonchev–Trinajstić information content (AvgIpc) is 3.93. The Morgan fingerprint density at radius 3 is 2.57 bits per heavy atom. The topological polar surface area (TPSA) is 166 Å². The third-order valence-electron chi connectivity index (χ3n) is 12.3. The number of carbonyl (C=O) groups excluding carboxylic acids is 2. The zero-order valence-corrected chi connectivity index (χ0v) is 33.5. The Bertz CT molecular complexity index is 2810. The Morgan fingerprint density at radius 1 is 0.934 bits per heavy atom. The molecule has 2 aromatic carbocycles. The molecule has 4 aliphatic heterocycles. The number of hydrogen-bond donors (Lipinski definition) is 1. The predicted molar refractivity (Wildman–Crippen MR) is 217 cm³/mol. The van der Waals surface area contributed by atoms with Crippen LogP contribution in [0.5, 0.6) is 0 Å². The molecule has 4 aliphatic rings. The first-order chi connectivity index (χ1) is 29.5. The molecule has 3 saturated heterocycles. The summed E-state index contributed by atoms with van der Waals surface area (Å²) in [7, 11) is 3.30. The van der Waals surface area contributed by atoms with E-state index in [0.29, 0.717) is 77.6 Å². The summed E-state index contributed by atoms with van der Waals surface area (Å²) >= 11 is 0. The molecule has 6 aromatic rings. The Hall–Kier alpha value is -6.81. The van der Waals surface area contributed by atoms with Crippen LogP contribution in [-0.4, -0.2) is 127 Å². The maximum Gasteiger partial charge on any atom is 0.245 e. The van der Waals surface area contributed by atoms with Crippen LogP contribution in [0.2, 0.25) is 0 Å². The molecule has 8 heterocycles. The lowest BCUT2D eigenvalue weighted by atomic mass is 9.87. The number of anilines is 3. The number of nitriles is 1. The average molecular weight is 832 g/mol. The number of pyridine rings is 1. The fourth-order valence-corrected chi connectivity index (χ4v) is 9.39. The second kappa shape index (κ2) is 14.7. The van der Waals surface area contributed by atoms with Gasteiger partial charge in [-0.25, -0.2) is 27.8 Å². The molecule has 2 amide bonds. The van der Waals surface area contributed by atoms with Gasteiger partial charge in [0.1, 0.15) is 46.9 Å². The number of rotatable bonds is 6. The van der Waals surface area contributed by atoms with Crippen molar-refractivity contribution in [3.8, 4) is 23.0 Å². The quantitative estimate of drug-likeness (QED) is 0.255. The SMILES string of the molecule is CO[C@H]1CN(C)C(=O)[C@@H]2CC(CN2c2nc(N3C4C[C@@H]3CN(CCC#N)C4=O)nc3c2cnn3-c2ccc(F)cc2F)Nc2cccc(n2)-c2cc(F)cc3nc(C)n(c23)C1. The van der Waals surface area contributed by atoms with Crippen LogP contribution in [-0.2, 0) is 20.9 Å². The number of nitrogens with zero attached hydrogens (tertiary/aromatic N) is 12. The molecule has 0 radical (unpaired) electrons. The molecule has 2 unspecified atom stereocenters. The lowest BCUT2D eigenvalue weighted by molar-refractivity contribution is -0.140. The van der Waals surface area contributed by atoms with Gasteiger partial charge in [-0.2, -0.15) is 20.3 Å². The first-order valence-corrected chi connectivity index (χ1v) is 20.1. The highest BCUT2D eigenvalue weighted by atomic mass is 19.1. The van der Waals surface area contributed by atoms with Gasteiger partial charge in [0.2, 0.25) is 17.8 Å². The van der Waals surface area contributed by atoms with Gasteiger partial charge in [0.05, 0.1) is 59.5 Å². The fourth-order valence-electron chi connectivity index (χ4n) is 9.39. The number of carbonyl (C=O) groups is 2. The van der Waals surface area contributed by atoms with Crippen molar-refractivity contribution in [3.63, 3.8) is 0 Å². The van der Waals surface area contributed by atoms with Gasteiger partial charge in [0, 0.05) is 64.1 Å². The first kappa shape index (κ1) is 38.4. The maximum absolute atomic E-state index is 15.4. The molecule has 16 nitrogen and oxygen atoms in total. The number of imidazole rings is 1. The molecule has 19 heteroatoms. The van der Waals surface area contributed by atoms with Gasteiger partial charge >= 0.3 is 0 Å². The number of aromatic nitrogens is 7. The first-order valence-electron chi connectivity index (χ1n) is 20.1. The third kappa shape index (κ3) is 6.43. The molecule has 4 aromatic heterocycles. The van der Waals surface area contributed by atoms with Crippen LogP contribution in [0.1, 0.15) is 25.1 Å². The van der Waals surface area contributed by atoms with Crippen molar-refractivity contribution < 1.29 is 27.5 Å². The van der Waals surface area contributed by atoms with E-state index < -0.39 is 35.6 Å². The molecule has 6 bridgehead atoms. The van der Waals surface area contributed by atoms with Gasteiger partial charge < -0.3 is 34.2 Å². The summed E-state index contributed by atoms with van der Waals surface area (Å²) in [6, 6.07) is 11.7. The third-order valence-corrected chi connectivity index (χ3v) is 12.3. The van der Waals surface area contributed by atoms with Crippen molar-refractivity contribution in [2.45, 2.75) is 63.0 Å². The van der Waals surface area contributed by atoms with E-state index in [2.05, 4.69) is 21.5 Å². The molecule has 61 heavy (non-hydrogen) atoms. The molecule has 0 aliphatic carbocycles. The van der Waals surface area contributed by atoms with E-state index in [0.717, 1.165) is 12.1 Å². The number of methoxy groups -OCH3 is 1. The van der Waals surface area contributed by atoms with Crippen molar-refractivity contribution in [2.24, 2.45) is 0 Å². The number of piperidine rings is 1. The van der Waals surface area contributed by atoms with E-state index in [1.807, 2.05) is 39.5 Å². The van der Waals surface area contributed by atoms with Crippen LogP contribution in [0.4, 0.5) is 30.8 Å². The minimum Gasteiger partial charge on any atom is -0.378 e. The van der Waals surface area contributed by atoms with E-state index in [-0.39, 0.29) is 60.7 Å². The summed E-state index contributed by atoms with van der Waals surface area (Å²) in [5, 5.41) is 17.6. The summed E-state index contributed by atoms with van der Waals surface area (Å²) in [5.41, 5.74) is 2.43. The van der Waals surface area contributed by atoms with Crippen LogP contribution >= 0.6 is 0 Å². The second-order valence-electron chi connectivity index (χ2n) is 16.1. The molecule has 0 saturated carbocycles. The van der Waals surface area contributed by atoms with E-state index in [1.165, 1.54) is 29.1 Å². The van der Waals surface area contributed by atoms with Crippen molar-refractivity contribution in [1.82, 2.24) is 44.1 Å². The zero-order valence-electron chi connectivity index (χ0n) is 33.5. The Labute approximate surface area is 347 Å². The summed E-state index contributed by atoms with van der Waals surface area (Å²) < 4.78 is 53.9. The number of likely N-dealkylation sites (tertiary alicyclic amines) is 1. The number of piperazine rings is 1. The van der Waals surface area contributed by atoms with Crippen LogP contribution in [0.3, 0.4) is 0 Å². The van der Waals surface area contributed by atoms with E-state index in [4.69, 9.17) is 19.7 Å². The lowest BCUT2D eigenvalue weighted by Gasteiger charge is -2.55. The molecule has 10 rings (SSSR count). The molecule has 1 N–H and O–H groups in total. The van der Waals surface area contributed by atoms with E-state index in [1.54, 1.807) is 24.0 Å². The van der Waals surface area contributed by atoms with Crippen molar-refractivity contribution in [2.75, 3.05) is 55.5 Å². The standard InChI is InChI=1S/C42H40F3N13O3/c1-22-48-32-14-24(44)12-28-31-6-4-7-36(50-31)49-25-15-34(40(59)53(2)20-27(61-3)21-55(22)37(28)32)56(18-25)38-29-17-47-58(33-9-8-23(43)13-30(33)45)39(29)52-42(51-38)57-26-16-35(57)41(60)54(19-26)11-5-10-46/h4,6-9,12-14,17,25-27,34-35H,5,11,15-16,18-21H2,1-3H3,(H,49,50)/t25?,26-,27+,34+,35?/m1/s1. The van der Waals surface area contributed by atoms with Crippen molar-refractivity contribution in [1.29, 1.82) is 5.26 Å². The summed E-state index contributed by atoms with van der Waals surface area (Å²) in [4.78, 5) is 55.1. The molecule has 5 atom stereocenters. The number of nitrogens with one attached hydrogen (secondary N) is 1. The van der Waals surface area contributed by atoms with Crippen molar-refractivity contribution in [3.05, 3.63) is 78.0 Å². The number of ether oxygens (including phenoxy) is 1. The van der Waals surface area contributed by atoms with Crippen LogP contribution in [0, 0.1) is 35.7 Å². The van der Waals surface area contributed by atoms with Crippen LogP contribution in [0.15, 0.2) is 54.7 Å². The number of hydrogen-bond acceptors (Lipinski definition) is 12. The second-order valence-corrected chi connectivity index (χ2v) is 16.1. The van der Waals surface area contributed by atoms with Gasteiger partial charge in [-0.15, -0.1) is 0 Å². The highest BCUT2D eigenvalue weighted by molar-refractivity contribution is 5.95. The van der Waals surface area contributed by atoms with Gasteiger partial charge in [-0.05, 0) is 50.1 Å². The number of fused-ring (bicyclic) bond motifs is 8. The van der Waals surface area contributed by atoms with Crippen LogP contribution < -0.4 is 15.1 Å². The summed E-state index contributed by atoms with van der Waals surface area (Å²) in [6.45, 7) is 3.30. The Balaban J connectivity index is 1.09. The van der Waals surface area contributed by atoms with Gasteiger partial charge in [0.15, 0.2) is 11.5 Å². The molecule has 3 fully saturated rings. The minimum absolute atomic E-state index is 0.0484. The molecular weight excluding hydrogens is 792 g/mol. The fraction of sp³-hybridized carbons (Fsp3) is 0.381. The molecule has 312 valence electrons. The smallest absolute Gasteiger partial charge is 0.245 e. The maximum atomic E-state index is 15.4. The summed E-state index contributed by atoms with van der Waals surface area (Å²) in [6.07, 6.45) is 2.10. The highest BCUT2D eigenvalue weighted by Crippen LogP contribution is 2.41. The number of benzene rings is 2. The van der Waals surface area contributed by atoms with Crippen LogP contribution in [0.25, 0.3) is 39.0 Å². The lowest BCUT2D eigenvalue weighted by Crippen LogP contribution is -2.72. The van der Waals surface area contributed by atoms with E-state index >= 15 is 8.78 Å². The normalized spacial score (nSPS) is 22.6. The number of halogens is 3. The highest BCUT2D eigenvalue weighted by Gasteiger charge is 2.52. The minimum atomic E-state index is -0.858. The van der Waals surface area contributed by atoms with Gasteiger partial charge in [-0.3, -0.25) is 9.59 Å². The Morgan fingerprint density at radius 2 is 1.79 bits per heavy atom. The molecule has 0 spiro atoms. The van der Waals surface area contributed by atoms with E-state index in [9.17, 15) is 19.2 Å². The van der Waals surface area contributed by atoms with Gasteiger partial charge in [0.25, 0.3) is 0 Å². The van der Waals surface area contributed by atoms with Crippen molar-refractivity contribution >= 4 is 51.5 Å². The molecular formula is C42H40F3N13O3. The number of aryl methyl sites for hydroxylation is 1. The summed E-state index contributed by atoms with van der Waals surface area (Å²) in [5.74, 6) is -0.726. The monoisotopic (exact) mass is 831 g/mol. The van der Waals surface area contributed by atoms with Gasteiger partial charge in [-0.1, -0.05) is 6.07 Å². The Kier molecular flexibility index (Phi) is 9.27. The number of likely N-dealkylation sites (N-methyl/N-ethyl adjacent to an activating group) is 1. The largest absolute Gasteiger partial charge is 0.378 e. The predicted octanol–water partition coefficient (Wildman–Crippen LogP) is 4.20. The zero-order chi connectivity index (χ0) is 42.3. The number of amides is 2.